The summed E-state index contributed by atoms with van der Waals surface area (Å²) >= 11 is 2.25. The predicted octanol–water partition coefficient (Wildman–Crippen LogP) is 3.13. The molecule has 0 fully saturated rings. The smallest absolute Gasteiger partial charge is 0.146 e. The molecule has 1 heterocycles. The first kappa shape index (κ1) is 12.4. The molecule has 0 bridgehead atoms. The van der Waals surface area contributed by atoms with Gasteiger partial charge in [0, 0.05) is 15.3 Å². The molecule has 2 aromatic rings. The molecule has 0 saturated carbocycles. The van der Waals surface area contributed by atoms with Gasteiger partial charge in [-0.3, -0.25) is 4.98 Å². The summed E-state index contributed by atoms with van der Waals surface area (Å²) in [5.41, 5.74) is 1.66. The van der Waals surface area contributed by atoms with Crippen LogP contribution in [0.1, 0.15) is 17.2 Å². The Morgan fingerprint density at radius 1 is 1.35 bits per heavy atom. The van der Waals surface area contributed by atoms with Crippen molar-refractivity contribution in [3.05, 3.63) is 63.2 Å². The summed E-state index contributed by atoms with van der Waals surface area (Å²) in [6.45, 7) is 0. The molecule has 1 aromatic carbocycles. The fraction of sp³-hybridized carbons (Fsp3) is 0.154. The van der Waals surface area contributed by atoms with Crippen LogP contribution in [0.15, 0.2) is 42.7 Å². The van der Waals surface area contributed by atoms with E-state index in [0.29, 0.717) is 5.56 Å². The standard InChI is InChI=1S/C13H12FIN2/c1-16-13(9-3-2-4-10(15)7-9)11-5-6-17-8-12(11)14/h2-8,13,16H,1H3. The molecule has 1 unspecified atom stereocenters. The molecule has 1 atom stereocenters. The van der Waals surface area contributed by atoms with Crippen LogP contribution in [0.4, 0.5) is 4.39 Å². The second-order valence-corrected chi connectivity index (χ2v) is 4.92. The van der Waals surface area contributed by atoms with Gasteiger partial charge in [-0.15, -0.1) is 0 Å². The SMILES string of the molecule is CNC(c1cccc(I)c1)c1ccncc1F. The molecule has 88 valence electrons. The Hall–Kier alpha value is -1.01. The van der Waals surface area contributed by atoms with E-state index in [4.69, 9.17) is 0 Å². The van der Waals surface area contributed by atoms with Crippen molar-refractivity contribution in [3.8, 4) is 0 Å². The highest BCUT2D eigenvalue weighted by Crippen LogP contribution is 2.24. The highest BCUT2D eigenvalue weighted by molar-refractivity contribution is 14.1. The van der Waals surface area contributed by atoms with Gasteiger partial charge in [0.05, 0.1) is 12.2 Å². The molecule has 1 N–H and O–H groups in total. The molecular weight excluding hydrogens is 330 g/mol. The monoisotopic (exact) mass is 342 g/mol. The fourth-order valence-electron chi connectivity index (χ4n) is 1.81. The van der Waals surface area contributed by atoms with E-state index in [2.05, 4.69) is 32.9 Å². The third kappa shape index (κ3) is 2.81. The first-order chi connectivity index (χ1) is 8.22. The minimum absolute atomic E-state index is 0.146. The van der Waals surface area contributed by atoms with Gasteiger partial charge in [-0.2, -0.15) is 0 Å². The molecule has 0 aliphatic rings. The lowest BCUT2D eigenvalue weighted by atomic mass is 9.99. The highest BCUT2D eigenvalue weighted by atomic mass is 127. The van der Waals surface area contributed by atoms with Crippen LogP contribution in [-0.4, -0.2) is 12.0 Å². The molecule has 0 amide bonds. The molecule has 0 saturated heterocycles. The van der Waals surface area contributed by atoms with Crippen LogP contribution in [0.5, 0.6) is 0 Å². The second-order valence-electron chi connectivity index (χ2n) is 3.67. The van der Waals surface area contributed by atoms with Crippen LogP contribution in [-0.2, 0) is 0 Å². The number of hydrogen-bond acceptors (Lipinski definition) is 2. The van der Waals surface area contributed by atoms with Crippen molar-refractivity contribution in [2.75, 3.05) is 7.05 Å². The summed E-state index contributed by atoms with van der Waals surface area (Å²) in [7, 11) is 1.82. The van der Waals surface area contributed by atoms with Gasteiger partial charge in [0.2, 0.25) is 0 Å². The number of nitrogens with one attached hydrogen (secondary N) is 1. The van der Waals surface area contributed by atoms with Crippen LogP contribution in [0.3, 0.4) is 0 Å². The summed E-state index contributed by atoms with van der Waals surface area (Å²) in [6.07, 6.45) is 2.85. The van der Waals surface area contributed by atoms with Crippen LogP contribution >= 0.6 is 22.6 Å². The molecule has 0 radical (unpaired) electrons. The minimum Gasteiger partial charge on any atom is -0.309 e. The van der Waals surface area contributed by atoms with E-state index < -0.39 is 0 Å². The number of benzene rings is 1. The van der Waals surface area contributed by atoms with E-state index >= 15 is 0 Å². The van der Waals surface area contributed by atoms with Gasteiger partial charge in [-0.25, -0.2) is 4.39 Å². The van der Waals surface area contributed by atoms with E-state index in [-0.39, 0.29) is 11.9 Å². The predicted molar refractivity (Wildman–Crippen MR) is 74.3 cm³/mol. The summed E-state index contributed by atoms with van der Waals surface area (Å²) < 4.78 is 14.8. The Morgan fingerprint density at radius 2 is 2.18 bits per heavy atom. The highest BCUT2D eigenvalue weighted by Gasteiger charge is 2.15. The zero-order valence-electron chi connectivity index (χ0n) is 9.32. The van der Waals surface area contributed by atoms with Crippen LogP contribution in [0.2, 0.25) is 0 Å². The molecular formula is C13H12FIN2. The second kappa shape index (κ2) is 5.55. The van der Waals surface area contributed by atoms with Crippen molar-refractivity contribution in [1.82, 2.24) is 10.3 Å². The summed E-state index contributed by atoms with van der Waals surface area (Å²) in [5.74, 6) is -0.286. The number of rotatable bonds is 3. The maximum absolute atomic E-state index is 13.7. The zero-order chi connectivity index (χ0) is 12.3. The summed E-state index contributed by atoms with van der Waals surface area (Å²) in [6, 6.07) is 9.58. The van der Waals surface area contributed by atoms with Crippen LogP contribution in [0, 0.1) is 9.39 Å². The number of halogens is 2. The molecule has 0 spiro atoms. The quantitative estimate of drug-likeness (QED) is 0.867. The third-order valence-corrected chi connectivity index (χ3v) is 3.26. The molecule has 17 heavy (non-hydrogen) atoms. The van der Waals surface area contributed by atoms with Gasteiger partial charge in [-0.05, 0) is 53.4 Å². The number of hydrogen-bond donors (Lipinski definition) is 1. The van der Waals surface area contributed by atoms with Gasteiger partial charge in [0.25, 0.3) is 0 Å². The summed E-state index contributed by atoms with van der Waals surface area (Å²) in [4.78, 5) is 3.77. The lowest BCUT2D eigenvalue weighted by Crippen LogP contribution is -2.19. The van der Waals surface area contributed by atoms with Crippen molar-refractivity contribution in [1.29, 1.82) is 0 Å². The maximum Gasteiger partial charge on any atom is 0.146 e. The topological polar surface area (TPSA) is 24.9 Å². The zero-order valence-corrected chi connectivity index (χ0v) is 11.5. The molecule has 0 aliphatic carbocycles. The van der Waals surface area contributed by atoms with Crippen molar-refractivity contribution in [2.24, 2.45) is 0 Å². The molecule has 0 aliphatic heterocycles. The molecule has 1 aromatic heterocycles. The molecule has 4 heteroatoms. The fourth-order valence-corrected chi connectivity index (χ4v) is 2.38. The lowest BCUT2D eigenvalue weighted by Gasteiger charge is -2.17. The first-order valence-electron chi connectivity index (χ1n) is 5.24. The maximum atomic E-state index is 13.7. The Bertz CT molecular complexity index is 516. The normalized spacial score (nSPS) is 12.4. The van der Waals surface area contributed by atoms with E-state index in [1.807, 2.05) is 31.3 Å². The Balaban J connectivity index is 2.44. The van der Waals surface area contributed by atoms with Gasteiger partial charge in [0.1, 0.15) is 5.82 Å². The van der Waals surface area contributed by atoms with Crippen molar-refractivity contribution in [2.45, 2.75) is 6.04 Å². The van der Waals surface area contributed by atoms with E-state index in [9.17, 15) is 4.39 Å². The van der Waals surface area contributed by atoms with Crippen molar-refractivity contribution < 1.29 is 4.39 Å². The number of nitrogens with zero attached hydrogens (tertiary/aromatic N) is 1. The van der Waals surface area contributed by atoms with Crippen LogP contribution < -0.4 is 5.32 Å². The Labute approximate surface area is 113 Å². The largest absolute Gasteiger partial charge is 0.309 e. The molecule has 2 rings (SSSR count). The number of aromatic nitrogens is 1. The van der Waals surface area contributed by atoms with E-state index in [0.717, 1.165) is 9.13 Å². The van der Waals surface area contributed by atoms with E-state index in [1.54, 1.807) is 12.3 Å². The first-order valence-corrected chi connectivity index (χ1v) is 6.32. The third-order valence-electron chi connectivity index (χ3n) is 2.59. The van der Waals surface area contributed by atoms with Gasteiger partial charge >= 0.3 is 0 Å². The van der Waals surface area contributed by atoms with Crippen molar-refractivity contribution >= 4 is 22.6 Å². The Morgan fingerprint density at radius 3 is 2.82 bits per heavy atom. The summed E-state index contributed by atoms with van der Waals surface area (Å²) in [5, 5.41) is 3.13. The lowest BCUT2D eigenvalue weighted by molar-refractivity contribution is 0.570. The van der Waals surface area contributed by atoms with Crippen molar-refractivity contribution in [3.63, 3.8) is 0 Å². The van der Waals surface area contributed by atoms with E-state index in [1.165, 1.54) is 6.20 Å². The molecule has 2 nitrogen and oxygen atoms in total. The average molecular weight is 342 g/mol. The average Bonchev–Trinajstić information content (AvgIpc) is 2.33. The van der Waals surface area contributed by atoms with Gasteiger partial charge in [-0.1, -0.05) is 12.1 Å². The van der Waals surface area contributed by atoms with Gasteiger partial charge < -0.3 is 5.32 Å². The minimum atomic E-state index is -0.286. The van der Waals surface area contributed by atoms with Crippen LogP contribution in [0.25, 0.3) is 0 Å². The number of pyridine rings is 1. The Kier molecular flexibility index (Phi) is 4.06. The van der Waals surface area contributed by atoms with Gasteiger partial charge in [0.15, 0.2) is 0 Å².